The molecule has 2 rings (SSSR count). The second-order valence-corrected chi connectivity index (χ2v) is 4.79. The first-order valence-electron chi connectivity index (χ1n) is 5.36. The fraction of sp³-hybridized carbons (Fsp3) is 0.455. The van der Waals surface area contributed by atoms with E-state index in [9.17, 15) is 4.79 Å². The number of amides is 1. The third-order valence-corrected chi connectivity index (χ3v) is 3.12. The molecule has 1 saturated heterocycles. The Balaban J connectivity index is 1.84. The van der Waals surface area contributed by atoms with Crippen LogP contribution in [0.25, 0.3) is 0 Å². The van der Waals surface area contributed by atoms with Gasteiger partial charge in [-0.05, 0) is 53.5 Å². The summed E-state index contributed by atoms with van der Waals surface area (Å²) in [6, 6.07) is 3.65. The number of nitrogens with zero attached hydrogens (tertiary/aromatic N) is 1. The van der Waals surface area contributed by atoms with E-state index < -0.39 is 0 Å². The summed E-state index contributed by atoms with van der Waals surface area (Å²) in [4.78, 5) is 15.7. The molecule has 0 bridgehead atoms. The first-order valence-corrected chi connectivity index (χ1v) is 6.15. The number of carbonyl (C=O) groups is 1. The van der Waals surface area contributed by atoms with Crippen molar-refractivity contribution in [3.05, 3.63) is 22.9 Å². The number of hydrogen-bond acceptors (Lipinski definition) is 3. The fourth-order valence-corrected chi connectivity index (χ4v) is 2.05. The molecule has 1 fully saturated rings. The van der Waals surface area contributed by atoms with Crippen molar-refractivity contribution in [1.29, 1.82) is 0 Å². The summed E-state index contributed by atoms with van der Waals surface area (Å²) in [6.07, 6.45) is 3.32. The van der Waals surface area contributed by atoms with E-state index in [0.29, 0.717) is 12.3 Å². The van der Waals surface area contributed by atoms with Crippen molar-refractivity contribution in [2.24, 2.45) is 5.92 Å². The topological polar surface area (TPSA) is 54.0 Å². The highest BCUT2D eigenvalue weighted by Gasteiger charge is 2.17. The Bertz CT molecular complexity index is 360. The lowest BCUT2D eigenvalue weighted by Gasteiger charge is -2.08. The summed E-state index contributed by atoms with van der Waals surface area (Å²) in [5, 5.41) is 6.10. The van der Waals surface area contributed by atoms with Gasteiger partial charge in [-0.25, -0.2) is 4.98 Å². The molecule has 1 aliphatic rings. The number of pyridine rings is 1. The molecular weight excluding hydrogens is 270 g/mol. The normalized spacial score (nSPS) is 19.7. The number of anilines is 1. The van der Waals surface area contributed by atoms with Gasteiger partial charge >= 0.3 is 0 Å². The van der Waals surface area contributed by atoms with E-state index in [0.717, 1.165) is 29.8 Å². The van der Waals surface area contributed by atoms with Gasteiger partial charge in [-0.3, -0.25) is 4.79 Å². The number of aromatic nitrogens is 1. The van der Waals surface area contributed by atoms with Crippen LogP contribution < -0.4 is 10.6 Å². The van der Waals surface area contributed by atoms with Crippen LogP contribution in [0.1, 0.15) is 12.8 Å². The molecule has 1 amide bonds. The second kappa shape index (κ2) is 5.41. The molecule has 2 heterocycles. The molecule has 4 nitrogen and oxygen atoms in total. The molecule has 1 aromatic heterocycles. The van der Waals surface area contributed by atoms with Crippen molar-refractivity contribution in [2.75, 3.05) is 18.4 Å². The highest BCUT2D eigenvalue weighted by Crippen LogP contribution is 2.15. The van der Waals surface area contributed by atoms with Crippen molar-refractivity contribution in [1.82, 2.24) is 10.3 Å². The van der Waals surface area contributed by atoms with Gasteiger partial charge in [0, 0.05) is 6.42 Å². The molecule has 5 heteroatoms. The molecule has 1 aliphatic heterocycles. The summed E-state index contributed by atoms with van der Waals surface area (Å²) in [5.74, 6) is 0.543. The van der Waals surface area contributed by atoms with E-state index in [1.54, 1.807) is 6.20 Å². The Kier molecular flexibility index (Phi) is 3.90. The highest BCUT2D eigenvalue weighted by molar-refractivity contribution is 9.10. The SMILES string of the molecule is O=C(CC1CCNC1)Nc1ccc(Br)nc1. The molecule has 1 unspecified atom stereocenters. The van der Waals surface area contributed by atoms with E-state index >= 15 is 0 Å². The van der Waals surface area contributed by atoms with Crippen LogP contribution >= 0.6 is 15.9 Å². The first kappa shape index (κ1) is 11.5. The van der Waals surface area contributed by atoms with Crippen molar-refractivity contribution < 1.29 is 4.79 Å². The third kappa shape index (κ3) is 3.28. The number of rotatable bonds is 3. The Hall–Kier alpha value is -0.940. The molecule has 16 heavy (non-hydrogen) atoms. The minimum absolute atomic E-state index is 0.0674. The largest absolute Gasteiger partial charge is 0.325 e. The van der Waals surface area contributed by atoms with Crippen LogP contribution in [0.4, 0.5) is 5.69 Å². The number of hydrogen-bond donors (Lipinski definition) is 2. The average Bonchev–Trinajstić information content (AvgIpc) is 2.74. The minimum atomic E-state index is 0.0674. The van der Waals surface area contributed by atoms with E-state index in [1.165, 1.54) is 0 Å². The second-order valence-electron chi connectivity index (χ2n) is 3.98. The molecule has 0 spiro atoms. The van der Waals surface area contributed by atoms with Crippen molar-refractivity contribution in [2.45, 2.75) is 12.8 Å². The lowest BCUT2D eigenvalue weighted by Crippen LogP contribution is -2.18. The van der Waals surface area contributed by atoms with Gasteiger partial charge in [0.2, 0.25) is 5.91 Å². The summed E-state index contributed by atoms with van der Waals surface area (Å²) in [5.41, 5.74) is 0.749. The standard InChI is InChI=1S/C11H14BrN3O/c12-10-2-1-9(7-14-10)15-11(16)5-8-3-4-13-6-8/h1-2,7-8,13H,3-6H2,(H,15,16). The predicted octanol–water partition coefficient (Wildman–Crippen LogP) is 1.78. The quantitative estimate of drug-likeness (QED) is 0.832. The Morgan fingerprint density at radius 2 is 2.50 bits per heavy atom. The van der Waals surface area contributed by atoms with E-state index in [4.69, 9.17) is 0 Å². The molecule has 0 aromatic carbocycles. The summed E-state index contributed by atoms with van der Waals surface area (Å²) >= 11 is 3.25. The van der Waals surface area contributed by atoms with Crippen molar-refractivity contribution >= 4 is 27.5 Å². The van der Waals surface area contributed by atoms with Gasteiger partial charge < -0.3 is 10.6 Å². The van der Waals surface area contributed by atoms with Crippen LogP contribution in [-0.4, -0.2) is 24.0 Å². The summed E-state index contributed by atoms with van der Waals surface area (Å²) in [7, 11) is 0. The zero-order chi connectivity index (χ0) is 11.4. The van der Waals surface area contributed by atoms with E-state index in [2.05, 4.69) is 31.5 Å². The molecule has 0 saturated carbocycles. The monoisotopic (exact) mass is 283 g/mol. The van der Waals surface area contributed by atoms with Gasteiger partial charge in [0.1, 0.15) is 4.60 Å². The lowest BCUT2D eigenvalue weighted by atomic mass is 10.0. The van der Waals surface area contributed by atoms with Gasteiger partial charge in [0.25, 0.3) is 0 Å². The third-order valence-electron chi connectivity index (χ3n) is 2.65. The van der Waals surface area contributed by atoms with Gasteiger partial charge in [0.05, 0.1) is 11.9 Å². The maximum absolute atomic E-state index is 11.7. The van der Waals surface area contributed by atoms with Crippen LogP contribution in [-0.2, 0) is 4.79 Å². The van der Waals surface area contributed by atoms with Crippen LogP contribution in [0.5, 0.6) is 0 Å². The molecule has 1 aromatic rings. The number of halogens is 1. The smallest absolute Gasteiger partial charge is 0.224 e. The Morgan fingerprint density at radius 3 is 3.12 bits per heavy atom. The van der Waals surface area contributed by atoms with Crippen LogP contribution in [0, 0.1) is 5.92 Å². The first-order chi connectivity index (χ1) is 7.74. The van der Waals surface area contributed by atoms with E-state index in [-0.39, 0.29) is 5.91 Å². The Labute approximate surface area is 103 Å². The van der Waals surface area contributed by atoms with Gasteiger partial charge in [0.15, 0.2) is 0 Å². The molecule has 1 atom stereocenters. The fourth-order valence-electron chi connectivity index (χ4n) is 1.81. The molecule has 86 valence electrons. The number of nitrogens with one attached hydrogen (secondary N) is 2. The highest BCUT2D eigenvalue weighted by atomic mass is 79.9. The lowest BCUT2D eigenvalue weighted by molar-refractivity contribution is -0.116. The summed E-state index contributed by atoms with van der Waals surface area (Å²) in [6.45, 7) is 1.98. The maximum atomic E-state index is 11.7. The molecule has 0 aliphatic carbocycles. The van der Waals surface area contributed by atoms with Crippen LogP contribution in [0.2, 0.25) is 0 Å². The molecule has 2 N–H and O–H groups in total. The summed E-state index contributed by atoms with van der Waals surface area (Å²) < 4.78 is 0.769. The Morgan fingerprint density at radius 1 is 1.62 bits per heavy atom. The van der Waals surface area contributed by atoms with Crippen molar-refractivity contribution in [3.8, 4) is 0 Å². The van der Waals surface area contributed by atoms with Gasteiger partial charge in [-0.1, -0.05) is 0 Å². The van der Waals surface area contributed by atoms with Gasteiger partial charge in [-0.2, -0.15) is 0 Å². The molecular formula is C11H14BrN3O. The predicted molar refractivity (Wildman–Crippen MR) is 66.2 cm³/mol. The molecule has 0 radical (unpaired) electrons. The van der Waals surface area contributed by atoms with Gasteiger partial charge in [-0.15, -0.1) is 0 Å². The zero-order valence-electron chi connectivity index (χ0n) is 8.87. The minimum Gasteiger partial charge on any atom is -0.325 e. The average molecular weight is 284 g/mol. The van der Waals surface area contributed by atoms with Crippen LogP contribution in [0.15, 0.2) is 22.9 Å². The number of carbonyl (C=O) groups excluding carboxylic acids is 1. The maximum Gasteiger partial charge on any atom is 0.224 e. The zero-order valence-corrected chi connectivity index (χ0v) is 10.5. The van der Waals surface area contributed by atoms with Crippen LogP contribution in [0.3, 0.4) is 0 Å². The van der Waals surface area contributed by atoms with E-state index in [1.807, 2.05) is 12.1 Å². The van der Waals surface area contributed by atoms with Crippen molar-refractivity contribution in [3.63, 3.8) is 0 Å².